The fraction of sp³-hybridized carbons (Fsp3) is 0. The Balaban J connectivity index is 2.68. The Bertz CT molecular complexity index is 477. The third kappa shape index (κ3) is 1.71. The van der Waals surface area contributed by atoms with Gasteiger partial charge in [0.2, 0.25) is 3.79 Å². The Hall–Kier alpha value is -0.550. The van der Waals surface area contributed by atoms with Crippen molar-refractivity contribution in [2.45, 2.75) is 0 Å². The quantitative estimate of drug-likeness (QED) is 0.636. The van der Waals surface area contributed by atoms with Crippen LogP contribution in [0.2, 0.25) is 5.02 Å². The molecule has 0 aliphatic carbocycles. The molecule has 0 atom stereocenters. The summed E-state index contributed by atoms with van der Waals surface area (Å²) in [5.74, 6) is 0. The number of nitrogens with one attached hydrogen (secondary N) is 1. The molecule has 1 aromatic carbocycles. The summed E-state index contributed by atoms with van der Waals surface area (Å²) in [6, 6.07) is 7.29. The molecule has 0 bridgehead atoms. The lowest BCUT2D eigenvalue weighted by Crippen LogP contribution is -1.84. The zero-order chi connectivity index (χ0) is 9.42. The highest BCUT2D eigenvalue weighted by Crippen LogP contribution is 2.20. The molecular formula is C9H5ClINO. The summed E-state index contributed by atoms with van der Waals surface area (Å²) < 4.78 is 0.00456. The van der Waals surface area contributed by atoms with E-state index >= 15 is 0 Å². The second-order valence-electron chi connectivity index (χ2n) is 2.69. The van der Waals surface area contributed by atoms with Crippen molar-refractivity contribution >= 4 is 48.9 Å². The van der Waals surface area contributed by atoms with Crippen LogP contribution >= 0.6 is 34.2 Å². The number of halogens is 2. The van der Waals surface area contributed by atoms with Gasteiger partial charge < -0.3 is 4.98 Å². The first-order chi connectivity index (χ1) is 6.16. The molecule has 0 aliphatic rings. The SMILES string of the molecule is O=C(I)c1cc2cc(Cl)ccc2[nH]1. The molecule has 0 amide bonds. The highest BCUT2D eigenvalue weighted by atomic mass is 127. The van der Waals surface area contributed by atoms with E-state index in [1.165, 1.54) is 0 Å². The number of carbonyl (C=O) groups is 1. The van der Waals surface area contributed by atoms with E-state index in [9.17, 15) is 4.79 Å². The highest BCUT2D eigenvalue weighted by Gasteiger charge is 2.05. The average Bonchev–Trinajstić information content (AvgIpc) is 2.46. The number of rotatable bonds is 1. The molecule has 2 rings (SSSR count). The number of fused-ring (bicyclic) bond motifs is 1. The van der Waals surface area contributed by atoms with Crippen molar-refractivity contribution in [3.05, 3.63) is 35.0 Å². The smallest absolute Gasteiger partial charge is 0.238 e. The number of aromatic amines is 1. The van der Waals surface area contributed by atoms with Crippen LogP contribution in [0, 0.1) is 0 Å². The van der Waals surface area contributed by atoms with Crippen LogP contribution in [0.25, 0.3) is 10.9 Å². The number of H-pyrrole nitrogens is 1. The van der Waals surface area contributed by atoms with Gasteiger partial charge in [-0.2, -0.15) is 0 Å². The van der Waals surface area contributed by atoms with Crippen LogP contribution < -0.4 is 0 Å². The maximum Gasteiger partial charge on any atom is 0.238 e. The molecule has 4 heteroatoms. The Morgan fingerprint density at radius 3 is 2.85 bits per heavy atom. The molecule has 0 aliphatic heterocycles. The number of hydrogen-bond acceptors (Lipinski definition) is 1. The van der Waals surface area contributed by atoms with Crippen LogP contribution in [0.15, 0.2) is 24.3 Å². The summed E-state index contributed by atoms with van der Waals surface area (Å²) in [5, 5.41) is 1.64. The van der Waals surface area contributed by atoms with Gasteiger partial charge in [-0.3, -0.25) is 4.79 Å². The van der Waals surface area contributed by atoms with Crippen LogP contribution in [-0.2, 0) is 0 Å². The van der Waals surface area contributed by atoms with E-state index in [1.54, 1.807) is 34.7 Å². The van der Waals surface area contributed by atoms with Crippen molar-refractivity contribution in [1.29, 1.82) is 0 Å². The molecule has 0 fully saturated rings. The van der Waals surface area contributed by atoms with Gasteiger partial charge >= 0.3 is 0 Å². The second-order valence-corrected chi connectivity index (χ2v) is 4.10. The van der Waals surface area contributed by atoms with Crippen molar-refractivity contribution in [2.24, 2.45) is 0 Å². The first-order valence-electron chi connectivity index (χ1n) is 3.65. The predicted octanol–water partition coefficient (Wildman–Crippen LogP) is 3.40. The van der Waals surface area contributed by atoms with Crippen molar-refractivity contribution in [1.82, 2.24) is 4.98 Å². The lowest BCUT2D eigenvalue weighted by atomic mass is 10.2. The first kappa shape index (κ1) is 9.02. The molecular weight excluding hydrogens is 300 g/mol. The van der Waals surface area contributed by atoms with Gasteiger partial charge in [-0.1, -0.05) is 11.6 Å². The van der Waals surface area contributed by atoms with Gasteiger partial charge in [-0.25, -0.2) is 0 Å². The third-order valence-electron chi connectivity index (χ3n) is 1.79. The molecule has 2 nitrogen and oxygen atoms in total. The summed E-state index contributed by atoms with van der Waals surface area (Å²) >= 11 is 7.56. The number of aromatic nitrogens is 1. The van der Waals surface area contributed by atoms with E-state index in [0.29, 0.717) is 10.7 Å². The fourth-order valence-electron chi connectivity index (χ4n) is 1.21. The molecule has 1 N–H and O–H groups in total. The fourth-order valence-corrected chi connectivity index (χ4v) is 1.68. The van der Waals surface area contributed by atoms with Gasteiger partial charge in [0.1, 0.15) is 0 Å². The van der Waals surface area contributed by atoms with E-state index in [1.807, 2.05) is 12.1 Å². The van der Waals surface area contributed by atoms with E-state index in [-0.39, 0.29) is 3.79 Å². The molecule has 66 valence electrons. The molecule has 2 aromatic rings. The van der Waals surface area contributed by atoms with Crippen molar-refractivity contribution in [3.63, 3.8) is 0 Å². The van der Waals surface area contributed by atoms with Gasteiger partial charge in [0, 0.05) is 38.5 Å². The monoisotopic (exact) mass is 305 g/mol. The summed E-state index contributed by atoms with van der Waals surface area (Å²) in [7, 11) is 0. The molecule has 0 saturated heterocycles. The van der Waals surface area contributed by atoms with Crippen molar-refractivity contribution in [3.8, 4) is 0 Å². The van der Waals surface area contributed by atoms with E-state index in [2.05, 4.69) is 4.98 Å². The molecule has 13 heavy (non-hydrogen) atoms. The van der Waals surface area contributed by atoms with Crippen molar-refractivity contribution < 1.29 is 4.79 Å². The third-order valence-corrected chi connectivity index (χ3v) is 2.61. The molecule has 0 saturated carbocycles. The van der Waals surface area contributed by atoms with E-state index in [4.69, 9.17) is 11.6 Å². The zero-order valence-corrected chi connectivity index (χ0v) is 9.39. The van der Waals surface area contributed by atoms with Crippen LogP contribution in [-0.4, -0.2) is 8.77 Å². The van der Waals surface area contributed by atoms with E-state index in [0.717, 1.165) is 10.9 Å². The Morgan fingerprint density at radius 1 is 1.38 bits per heavy atom. The van der Waals surface area contributed by atoms with Crippen LogP contribution in [0.1, 0.15) is 10.5 Å². The average molecular weight is 306 g/mol. The number of hydrogen-bond donors (Lipinski definition) is 1. The molecule has 1 heterocycles. The molecule has 0 spiro atoms. The molecule has 1 aromatic heterocycles. The maximum absolute atomic E-state index is 11.0. The summed E-state index contributed by atoms with van der Waals surface area (Å²) in [6.45, 7) is 0. The Labute approximate surface area is 93.4 Å². The second kappa shape index (κ2) is 3.31. The topological polar surface area (TPSA) is 32.9 Å². The lowest BCUT2D eigenvalue weighted by molar-refractivity contribution is 0.110. The van der Waals surface area contributed by atoms with Crippen LogP contribution in [0.5, 0.6) is 0 Å². The van der Waals surface area contributed by atoms with Gasteiger partial charge in [-0.15, -0.1) is 0 Å². The minimum atomic E-state index is 0.00456. The normalized spacial score (nSPS) is 10.6. The lowest BCUT2D eigenvalue weighted by Gasteiger charge is -1.88. The largest absolute Gasteiger partial charge is 0.351 e. The van der Waals surface area contributed by atoms with Gasteiger partial charge in [-0.05, 0) is 24.3 Å². The van der Waals surface area contributed by atoms with Gasteiger partial charge in [0.05, 0.1) is 5.69 Å². The van der Waals surface area contributed by atoms with Gasteiger partial charge in [0.25, 0.3) is 0 Å². The maximum atomic E-state index is 11.0. The first-order valence-corrected chi connectivity index (χ1v) is 5.10. The summed E-state index contributed by atoms with van der Waals surface area (Å²) in [5.41, 5.74) is 1.54. The summed E-state index contributed by atoms with van der Waals surface area (Å²) in [4.78, 5) is 14.0. The van der Waals surface area contributed by atoms with Gasteiger partial charge in [0.15, 0.2) is 0 Å². The van der Waals surface area contributed by atoms with Crippen molar-refractivity contribution in [2.75, 3.05) is 0 Å². The Morgan fingerprint density at radius 2 is 2.15 bits per heavy atom. The molecule has 0 radical (unpaired) electrons. The summed E-state index contributed by atoms with van der Waals surface area (Å²) in [6.07, 6.45) is 0. The highest BCUT2D eigenvalue weighted by molar-refractivity contribution is 14.1. The predicted molar refractivity (Wildman–Crippen MR) is 61.7 cm³/mol. The zero-order valence-electron chi connectivity index (χ0n) is 6.47. The minimum Gasteiger partial charge on any atom is -0.351 e. The van der Waals surface area contributed by atoms with E-state index < -0.39 is 0 Å². The molecule has 0 unspecified atom stereocenters. The number of benzene rings is 1. The van der Waals surface area contributed by atoms with Crippen LogP contribution in [0.3, 0.4) is 0 Å². The minimum absolute atomic E-state index is 0.00456. The Kier molecular flexibility index (Phi) is 2.29. The van der Waals surface area contributed by atoms with Crippen LogP contribution in [0.4, 0.5) is 0 Å². The standard InChI is InChI=1S/C9H5ClINO/c10-6-1-2-7-5(3-6)4-8(12-7)9(11)13/h1-4,12H. The number of carbonyl (C=O) groups excluding carboxylic acids is 1.